The van der Waals surface area contributed by atoms with Crippen molar-refractivity contribution in [1.82, 2.24) is 20.2 Å². The van der Waals surface area contributed by atoms with Crippen LogP contribution in [0.25, 0.3) is 10.9 Å². The van der Waals surface area contributed by atoms with Gasteiger partial charge < -0.3 is 10.4 Å². The molecule has 2 N–H and O–H groups in total. The van der Waals surface area contributed by atoms with Gasteiger partial charge in [-0.05, 0) is 12.1 Å². The van der Waals surface area contributed by atoms with Gasteiger partial charge in [-0.15, -0.1) is 10.2 Å². The summed E-state index contributed by atoms with van der Waals surface area (Å²) >= 11 is 0. The number of carboxylic acids is 1. The zero-order valence-corrected chi connectivity index (χ0v) is 10.9. The van der Waals surface area contributed by atoms with Crippen molar-refractivity contribution in [3.8, 4) is 0 Å². The van der Waals surface area contributed by atoms with Gasteiger partial charge in [0.25, 0.3) is 0 Å². The van der Waals surface area contributed by atoms with E-state index >= 15 is 0 Å². The third kappa shape index (κ3) is 2.62. The smallest absolute Gasteiger partial charge is 0.358 e. The third-order valence-electron chi connectivity index (χ3n) is 2.96. The normalized spacial score (nSPS) is 10.5. The number of aromatic nitrogens is 4. The Morgan fingerprint density at radius 1 is 1.19 bits per heavy atom. The van der Waals surface area contributed by atoms with Crippen LogP contribution in [0.1, 0.15) is 16.2 Å². The Morgan fingerprint density at radius 2 is 2.05 bits per heavy atom. The summed E-state index contributed by atoms with van der Waals surface area (Å²) in [5.41, 5.74) is 1.71. The standard InChI is InChI=1S/C14H11N5O2/c20-14(21)13-12(16-7-9-5-6-15-8-17-9)10-3-1-2-4-11(10)18-19-13/h1-6,8H,7H2,(H,16,18)(H,20,21). The average molecular weight is 281 g/mol. The zero-order chi connectivity index (χ0) is 14.7. The Kier molecular flexibility index (Phi) is 3.38. The number of fused-ring (bicyclic) bond motifs is 1. The largest absolute Gasteiger partial charge is 0.476 e. The molecule has 0 aliphatic carbocycles. The van der Waals surface area contributed by atoms with Crippen molar-refractivity contribution in [3.05, 3.63) is 54.2 Å². The first-order valence-corrected chi connectivity index (χ1v) is 6.23. The number of nitrogens with zero attached hydrogens (tertiary/aromatic N) is 4. The Balaban J connectivity index is 2.02. The van der Waals surface area contributed by atoms with E-state index in [4.69, 9.17) is 0 Å². The van der Waals surface area contributed by atoms with Crippen molar-refractivity contribution >= 4 is 22.6 Å². The molecule has 3 aromatic rings. The number of carboxylic acid groups (broad SMARTS) is 1. The molecule has 0 fully saturated rings. The lowest BCUT2D eigenvalue weighted by molar-refractivity contribution is 0.0690. The zero-order valence-electron chi connectivity index (χ0n) is 10.9. The lowest BCUT2D eigenvalue weighted by atomic mass is 10.1. The first kappa shape index (κ1) is 12.9. The van der Waals surface area contributed by atoms with Crippen LogP contribution in [-0.4, -0.2) is 31.2 Å². The van der Waals surface area contributed by atoms with E-state index in [-0.39, 0.29) is 5.69 Å². The quantitative estimate of drug-likeness (QED) is 0.750. The molecule has 0 radical (unpaired) electrons. The van der Waals surface area contributed by atoms with Crippen LogP contribution in [0, 0.1) is 0 Å². The molecule has 0 bridgehead atoms. The molecule has 0 saturated carbocycles. The minimum atomic E-state index is -1.13. The highest BCUT2D eigenvalue weighted by Crippen LogP contribution is 2.24. The molecular formula is C14H11N5O2. The molecule has 0 aliphatic rings. The van der Waals surface area contributed by atoms with Gasteiger partial charge in [0, 0.05) is 11.6 Å². The maximum absolute atomic E-state index is 11.3. The summed E-state index contributed by atoms with van der Waals surface area (Å²) < 4.78 is 0. The average Bonchev–Trinajstić information content (AvgIpc) is 2.53. The number of hydrogen-bond donors (Lipinski definition) is 2. The van der Waals surface area contributed by atoms with Crippen LogP contribution in [-0.2, 0) is 6.54 Å². The molecular weight excluding hydrogens is 270 g/mol. The van der Waals surface area contributed by atoms with E-state index in [2.05, 4.69) is 25.5 Å². The maximum Gasteiger partial charge on any atom is 0.358 e. The third-order valence-corrected chi connectivity index (χ3v) is 2.96. The van der Waals surface area contributed by atoms with Crippen molar-refractivity contribution in [2.45, 2.75) is 6.54 Å². The van der Waals surface area contributed by atoms with Gasteiger partial charge in [0.15, 0.2) is 5.69 Å². The lowest BCUT2D eigenvalue weighted by Gasteiger charge is -2.10. The Labute approximate surface area is 119 Å². The summed E-state index contributed by atoms with van der Waals surface area (Å²) in [6.07, 6.45) is 3.07. The highest BCUT2D eigenvalue weighted by molar-refractivity contribution is 6.02. The Hall–Kier alpha value is -3.09. The predicted octanol–water partition coefficient (Wildman–Crippen LogP) is 1.73. The molecule has 3 rings (SSSR count). The fraction of sp³-hybridized carbons (Fsp3) is 0.0714. The van der Waals surface area contributed by atoms with Crippen LogP contribution < -0.4 is 5.32 Å². The number of anilines is 1. The van der Waals surface area contributed by atoms with Crippen LogP contribution >= 0.6 is 0 Å². The number of nitrogens with one attached hydrogen (secondary N) is 1. The predicted molar refractivity (Wildman–Crippen MR) is 75.9 cm³/mol. The molecule has 7 nitrogen and oxygen atoms in total. The molecule has 21 heavy (non-hydrogen) atoms. The fourth-order valence-corrected chi connectivity index (χ4v) is 1.98. The van der Waals surface area contributed by atoms with E-state index in [0.29, 0.717) is 23.1 Å². The molecule has 1 aromatic carbocycles. The molecule has 2 heterocycles. The van der Waals surface area contributed by atoms with E-state index in [1.165, 1.54) is 6.33 Å². The van der Waals surface area contributed by atoms with Crippen molar-refractivity contribution in [3.63, 3.8) is 0 Å². The summed E-state index contributed by atoms with van der Waals surface area (Å²) in [6.45, 7) is 0.373. The molecule has 0 saturated heterocycles. The second kappa shape index (κ2) is 5.49. The van der Waals surface area contributed by atoms with Crippen LogP contribution in [0.4, 0.5) is 5.69 Å². The topological polar surface area (TPSA) is 101 Å². The summed E-state index contributed by atoms with van der Waals surface area (Å²) in [5.74, 6) is -1.13. The number of rotatable bonds is 4. The fourth-order valence-electron chi connectivity index (χ4n) is 1.98. The van der Waals surface area contributed by atoms with E-state index < -0.39 is 5.97 Å². The van der Waals surface area contributed by atoms with E-state index in [0.717, 1.165) is 5.69 Å². The molecule has 0 amide bonds. The van der Waals surface area contributed by atoms with Crippen molar-refractivity contribution in [1.29, 1.82) is 0 Å². The van der Waals surface area contributed by atoms with Gasteiger partial charge in [-0.3, -0.25) is 0 Å². The summed E-state index contributed by atoms with van der Waals surface area (Å²) in [6, 6.07) is 8.99. The van der Waals surface area contributed by atoms with E-state index in [9.17, 15) is 9.90 Å². The van der Waals surface area contributed by atoms with Crippen molar-refractivity contribution in [2.24, 2.45) is 0 Å². The van der Waals surface area contributed by atoms with Gasteiger partial charge in [-0.25, -0.2) is 14.8 Å². The molecule has 0 unspecified atom stereocenters. The van der Waals surface area contributed by atoms with Crippen LogP contribution in [0.5, 0.6) is 0 Å². The number of carbonyl (C=O) groups is 1. The van der Waals surface area contributed by atoms with Gasteiger partial charge in [-0.1, -0.05) is 18.2 Å². The van der Waals surface area contributed by atoms with Gasteiger partial charge in [0.2, 0.25) is 0 Å². The van der Waals surface area contributed by atoms with Gasteiger partial charge in [-0.2, -0.15) is 0 Å². The summed E-state index contributed by atoms with van der Waals surface area (Å²) in [5, 5.41) is 20.7. The van der Waals surface area contributed by atoms with Gasteiger partial charge >= 0.3 is 5.97 Å². The molecule has 0 atom stereocenters. The Bertz CT molecular complexity index is 792. The number of aromatic carboxylic acids is 1. The first-order valence-electron chi connectivity index (χ1n) is 6.23. The highest BCUT2D eigenvalue weighted by Gasteiger charge is 2.16. The van der Waals surface area contributed by atoms with Crippen molar-refractivity contribution in [2.75, 3.05) is 5.32 Å². The maximum atomic E-state index is 11.3. The minimum Gasteiger partial charge on any atom is -0.476 e. The molecule has 7 heteroatoms. The number of benzene rings is 1. The Morgan fingerprint density at radius 3 is 2.81 bits per heavy atom. The molecule has 0 spiro atoms. The first-order chi connectivity index (χ1) is 10.3. The van der Waals surface area contributed by atoms with E-state index in [1.54, 1.807) is 24.4 Å². The van der Waals surface area contributed by atoms with Crippen LogP contribution in [0.2, 0.25) is 0 Å². The van der Waals surface area contributed by atoms with Crippen LogP contribution in [0.15, 0.2) is 42.9 Å². The second-order valence-electron chi connectivity index (χ2n) is 4.30. The van der Waals surface area contributed by atoms with E-state index in [1.807, 2.05) is 12.1 Å². The van der Waals surface area contributed by atoms with Gasteiger partial charge in [0.05, 0.1) is 23.4 Å². The second-order valence-corrected chi connectivity index (χ2v) is 4.30. The minimum absolute atomic E-state index is 0.109. The lowest BCUT2D eigenvalue weighted by Crippen LogP contribution is -2.11. The molecule has 0 aliphatic heterocycles. The molecule has 2 aromatic heterocycles. The SMILES string of the molecule is O=C(O)c1nnc2ccccc2c1NCc1ccncn1. The monoisotopic (exact) mass is 281 g/mol. The number of hydrogen-bond acceptors (Lipinski definition) is 6. The highest BCUT2D eigenvalue weighted by atomic mass is 16.4. The summed E-state index contributed by atoms with van der Waals surface area (Å²) in [7, 11) is 0. The summed E-state index contributed by atoms with van der Waals surface area (Å²) in [4.78, 5) is 19.2. The van der Waals surface area contributed by atoms with Crippen LogP contribution in [0.3, 0.4) is 0 Å². The van der Waals surface area contributed by atoms with Gasteiger partial charge in [0.1, 0.15) is 6.33 Å². The molecule has 104 valence electrons. The van der Waals surface area contributed by atoms with Crippen molar-refractivity contribution < 1.29 is 9.90 Å².